The normalized spacial score (nSPS) is 12.1. The first kappa shape index (κ1) is 20.5. The minimum Gasteiger partial charge on any atom is -0.454 e. The second-order valence-corrected chi connectivity index (χ2v) is 9.68. The average molecular weight is 503 g/mol. The summed E-state index contributed by atoms with van der Waals surface area (Å²) in [5.74, 6) is 0. The molecule has 39 heavy (non-hydrogen) atoms. The van der Waals surface area contributed by atoms with Crippen molar-refractivity contribution in [2.24, 2.45) is 0 Å². The van der Waals surface area contributed by atoms with Gasteiger partial charge in [0.05, 0.1) is 52.5 Å². The van der Waals surface area contributed by atoms with Gasteiger partial charge in [0.2, 0.25) is 0 Å². The van der Waals surface area contributed by atoms with Crippen LogP contribution in [0.4, 0.5) is 0 Å². The van der Waals surface area contributed by atoms with Crippen LogP contribution < -0.4 is 0 Å². The summed E-state index contributed by atoms with van der Waals surface area (Å²) in [6, 6.07) is 20.8. The van der Waals surface area contributed by atoms with E-state index < -0.39 is 0 Å². The first-order valence-corrected chi connectivity index (χ1v) is 12.7. The number of aromatic nitrogens is 6. The van der Waals surface area contributed by atoms with Gasteiger partial charge in [0, 0.05) is 62.8 Å². The highest BCUT2D eigenvalue weighted by Crippen LogP contribution is 2.39. The first-order chi connectivity index (χ1) is 19.4. The van der Waals surface area contributed by atoms with Crippen LogP contribution in [0.15, 0.2) is 115 Å². The third-order valence-electron chi connectivity index (χ3n) is 7.70. The van der Waals surface area contributed by atoms with Crippen molar-refractivity contribution in [3.8, 4) is 11.4 Å². The van der Waals surface area contributed by atoms with Gasteiger partial charge in [0.25, 0.3) is 0 Å². The Bertz CT molecular complexity index is 2310. The number of benzene rings is 2. The zero-order chi connectivity index (χ0) is 25.5. The number of pyridine rings is 4. The van der Waals surface area contributed by atoms with E-state index in [1.165, 1.54) is 0 Å². The van der Waals surface area contributed by atoms with Crippen LogP contribution in [0.5, 0.6) is 0 Å². The number of rotatable bonds is 2. The van der Waals surface area contributed by atoms with E-state index in [1.807, 2.05) is 55.6 Å². The maximum Gasteiger partial charge on any atom is 0.159 e. The summed E-state index contributed by atoms with van der Waals surface area (Å²) in [4.78, 5) is 17.7. The van der Waals surface area contributed by atoms with Crippen molar-refractivity contribution in [3.05, 3.63) is 110 Å². The molecular weight excluding hydrogens is 484 g/mol. The van der Waals surface area contributed by atoms with Crippen LogP contribution in [0.1, 0.15) is 0 Å². The van der Waals surface area contributed by atoms with E-state index in [0.29, 0.717) is 0 Å². The van der Waals surface area contributed by atoms with Crippen LogP contribution in [0.2, 0.25) is 0 Å². The quantitative estimate of drug-likeness (QED) is 0.247. The Morgan fingerprint density at radius 3 is 1.59 bits per heavy atom. The third kappa shape index (κ3) is 2.70. The summed E-state index contributed by atoms with van der Waals surface area (Å²) in [7, 11) is 0. The maximum absolute atomic E-state index is 6.56. The molecule has 0 atom stereocenters. The van der Waals surface area contributed by atoms with Gasteiger partial charge in [-0.05, 0) is 48.5 Å². The Hall–Kier alpha value is -5.56. The van der Waals surface area contributed by atoms with Crippen molar-refractivity contribution >= 4 is 65.6 Å². The Morgan fingerprint density at radius 1 is 0.487 bits per heavy atom. The SMILES string of the molecule is c1cc(-n2c3cnccc3c3ccncc32)c2oc3ccc(-n4c5cnccc5c5ccncc54)cc3c2c1. The van der Waals surface area contributed by atoms with E-state index in [0.717, 1.165) is 76.9 Å². The van der Waals surface area contributed by atoms with Crippen molar-refractivity contribution in [1.29, 1.82) is 0 Å². The van der Waals surface area contributed by atoms with Crippen molar-refractivity contribution in [2.75, 3.05) is 0 Å². The highest BCUT2D eigenvalue weighted by molar-refractivity contribution is 6.13. The fourth-order valence-corrected chi connectivity index (χ4v) is 6.05. The summed E-state index contributed by atoms with van der Waals surface area (Å²) in [6.07, 6.45) is 15.0. The van der Waals surface area contributed by atoms with Gasteiger partial charge >= 0.3 is 0 Å². The molecule has 7 nitrogen and oxygen atoms in total. The third-order valence-corrected chi connectivity index (χ3v) is 7.70. The molecule has 7 aromatic heterocycles. The monoisotopic (exact) mass is 502 g/mol. The first-order valence-electron chi connectivity index (χ1n) is 12.7. The Kier molecular flexibility index (Phi) is 3.93. The molecule has 0 saturated carbocycles. The lowest BCUT2D eigenvalue weighted by Gasteiger charge is -2.08. The maximum atomic E-state index is 6.56. The lowest BCUT2D eigenvalue weighted by atomic mass is 10.1. The molecule has 0 N–H and O–H groups in total. The Labute approximate surface area is 220 Å². The molecule has 9 rings (SSSR count). The predicted octanol–water partition coefficient (Wildman–Crippen LogP) is 7.36. The van der Waals surface area contributed by atoms with Crippen molar-refractivity contribution in [3.63, 3.8) is 0 Å². The lowest BCUT2D eigenvalue weighted by molar-refractivity contribution is 0.666. The van der Waals surface area contributed by atoms with E-state index in [1.54, 1.807) is 0 Å². The summed E-state index contributed by atoms with van der Waals surface area (Å²) in [5, 5.41) is 6.65. The molecule has 7 heterocycles. The molecule has 0 aliphatic rings. The number of hydrogen-bond acceptors (Lipinski definition) is 5. The number of fused-ring (bicyclic) bond motifs is 9. The van der Waals surface area contributed by atoms with E-state index in [9.17, 15) is 0 Å². The molecule has 2 aromatic carbocycles. The molecule has 0 fully saturated rings. The number of hydrogen-bond donors (Lipinski definition) is 0. The van der Waals surface area contributed by atoms with Gasteiger partial charge in [-0.3, -0.25) is 19.9 Å². The van der Waals surface area contributed by atoms with Crippen molar-refractivity contribution in [1.82, 2.24) is 29.1 Å². The topological polar surface area (TPSA) is 74.6 Å². The lowest BCUT2D eigenvalue weighted by Crippen LogP contribution is -1.95. The zero-order valence-corrected chi connectivity index (χ0v) is 20.5. The van der Waals surface area contributed by atoms with E-state index >= 15 is 0 Å². The molecule has 182 valence electrons. The highest BCUT2D eigenvalue weighted by Gasteiger charge is 2.19. The molecule has 0 bridgehead atoms. The molecule has 0 amide bonds. The largest absolute Gasteiger partial charge is 0.454 e. The molecule has 0 radical (unpaired) electrons. The van der Waals surface area contributed by atoms with E-state index in [4.69, 9.17) is 4.42 Å². The van der Waals surface area contributed by atoms with E-state index in [-0.39, 0.29) is 0 Å². The van der Waals surface area contributed by atoms with Crippen LogP contribution in [0.25, 0.3) is 76.9 Å². The molecule has 0 aliphatic heterocycles. The van der Waals surface area contributed by atoms with Gasteiger partial charge < -0.3 is 13.6 Å². The standard InChI is InChI=1S/C32H18N6O/c1-2-24-25-14-19(37-27-15-33-10-6-20(27)21-7-11-34-16-28(21)37)4-5-31(25)39-32(24)26(3-1)38-29-17-35-12-8-22(29)23-9-13-36-18-30(23)38/h1-18H. The second-order valence-electron chi connectivity index (χ2n) is 9.68. The predicted molar refractivity (Wildman–Crippen MR) is 154 cm³/mol. The van der Waals surface area contributed by atoms with Gasteiger partial charge in [-0.25, -0.2) is 0 Å². The minimum atomic E-state index is 0.821. The zero-order valence-electron chi connectivity index (χ0n) is 20.5. The van der Waals surface area contributed by atoms with Gasteiger partial charge in [0.15, 0.2) is 5.58 Å². The Balaban J connectivity index is 1.34. The molecule has 9 aromatic rings. The molecule has 7 heteroatoms. The van der Waals surface area contributed by atoms with Gasteiger partial charge in [0.1, 0.15) is 5.58 Å². The van der Waals surface area contributed by atoms with Gasteiger partial charge in [-0.2, -0.15) is 0 Å². The fourth-order valence-electron chi connectivity index (χ4n) is 6.05. The molecule has 0 saturated heterocycles. The summed E-state index contributed by atoms with van der Waals surface area (Å²) >= 11 is 0. The van der Waals surface area contributed by atoms with Gasteiger partial charge in [-0.1, -0.05) is 12.1 Å². The Morgan fingerprint density at radius 2 is 1.03 bits per heavy atom. The fraction of sp³-hybridized carbons (Fsp3) is 0. The van der Waals surface area contributed by atoms with Gasteiger partial charge in [-0.15, -0.1) is 0 Å². The molecule has 0 unspecified atom stereocenters. The number of para-hydroxylation sites is 1. The van der Waals surface area contributed by atoms with Crippen LogP contribution in [-0.4, -0.2) is 29.1 Å². The van der Waals surface area contributed by atoms with Crippen LogP contribution in [-0.2, 0) is 0 Å². The summed E-state index contributed by atoms with van der Waals surface area (Å²) in [5.41, 5.74) is 7.74. The van der Waals surface area contributed by atoms with Crippen LogP contribution in [0.3, 0.4) is 0 Å². The second kappa shape index (κ2) is 7.49. The summed E-state index contributed by atoms with van der Waals surface area (Å²) in [6.45, 7) is 0. The number of nitrogens with zero attached hydrogens (tertiary/aromatic N) is 6. The highest BCUT2D eigenvalue weighted by atomic mass is 16.3. The van der Waals surface area contributed by atoms with E-state index in [2.05, 4.69) is 83.7 Å². The smallest absolute Gasteiger partial charge is 0.159 e. The summed E-state index contributed by atoms with van der Waals surface area (Å²) < 4.78 is 11.0. The van der Waals surface area contributed by atoms with Crippen LogP contribution >= 0.6 is 0 Å². The average Bonchev–Trinajstić information content (AvgIpc) is 3.65. The molecule has 0 spiro atoms. The van der Waals surface area contributed by atoms with Crippen LogP contribution in [0, 0.1) is 0 Å². The molecular formula is C32H18N6O. The molecule has 0 aliphatic carbocycles. The van der Waals surface area contributed by atoms with Crippen molar-refractivity contribution < 1.29 is 4.42 Å². The minimum absolute atomic E-state index is 0.821. The number of furan rings is 1. The van der Waals surface area contributed by atoms with Crippen molar-refractivity contribution in [2.45, 2.75) is 0 Å².